The van der Waals surface area contributed by atoms with E-state index in [0.29, 0.717) is 5.56 Å². The van der Waals surface area contributed by atoms with Gasteiger partial charge >= 0.3 is 12.1 Å². The highest BCUT2D eigenvalue weighted by Crippen LogP contribution is 2.44. The molecule has 1 aromatic carbocycles. The van der Waals surface area contributed by atoms with Gasteiger partial charge in [0.05, 0.1) is 13.5 Å². The third kappa shape index (κ3) is 3.66. The molecule has 1 aliphatic heterocycles. The zero-order valence-corrected chi connectivity index (χ0v) is 15.5. The summed E-state index contributed by atoms with van der Waals surface area (Å²) >= 11 is 0. The van der Waals surface area contributed by atoms with Crippen LogP contribution in [-0.2, 0) is 30.4 Å². The number of esters is 1. The molecular weight excluding hydrogens is 364 g/mol. The van der Waals surface area contributed by atoms with Crippen molar-refractivity contribution in [3.63, 3.8) is 0 Å². The van der Waals surface area contributed by atoms with E-state index in [1.54, 1.807) is 30.5 Å². The van der Waals surface area contributed by atoms with Gasteiger partial charge in [-0.05, 0) is 17.2 Å². The number of aromatic nitrogens is 1. The first kappa shape index (κ1) is 19.3. The van der Waals surface area contributed by atoms with Gasteiger partial charge in [-0.15, -0.1) is 0 Å². The number of hydrogen-bond donors (Lipinski definition) is 0. The Kier molecular flexibility index (Phi) is 5.58. The smallest absolute Gasteiger partial charge is 0.466 e. The molecule has 1 saturated heterocycles. The molecular formula is C20H20N2O6. The van der Waals surface area contributed by atoms with E-state index in [9.17, 15) is 14.4 Å². The van der Waals surface area contributed by atoms with Crippen LogP contribution >= 0.6 is 0 Å². The minimum Gasteiger partial charge on any atom is -0.466 e. The van der Waals surface area contributed by atoms with E-state index >= 15 is 0 Å². The quantitative estimate of drug-likeness (QED) is 0.730. The summed E-state index contributed by atoms with van der Waals surface area (Å²) in [6, 6.07) is 11.5. The predicted molar refractivity (Wildman–Crippen MR) is 96.8 cm³/mol. The molecule has 0 N–H and O–H groups in total. The second kappa shape index (κ2) is 8.08. The van der Waals surface area contributed by atoms with E-state index in [1.165, 1.54) is 25.3 Å². The van der Waals surface area contributed by atoms with Crippen LogP contribution in [0.1, 0.15) is 23.6 Å². The molecule has 0 aliphatic carbocycles. The zero-order chi connectivity index (χ0) is 20.1. The van der Waals surface area contributed by atoms with Crippen molar-refractivity contribution in [3.05, 3.63) is 66.0 Å². The Morgan fingerprint density at radius 1 is 1.21 bits per heavy atom. The van der Waals surface area contributed by atoms with Gasteiger partial charge in [-0.1, -0.05) is 36.4 Å². The van der Waals surface area contributed by atoms with Crippen LogP contribution in [0.5, 0.6) is 0 Å². The molecule has 2 atom stereocenters. The highest BCUT2D eigenvalue weighted by Gasteiger charge is 2.61. The Bertz CT molecular complexity index is 858. The van der Waals surface area contributed by atoms with Crippen LogP contribution in [0.25, 0.3) is 0 Å². The van der Waals surface area contributed by atoms with E-state index in [4.69, 9.17) is 14.2 Å². The number of methoxy groups -OCH3 is 1. The van der Waals surface area contributed by atoms with Crippen molar-refractivity contribution < 1.29 is 28.6 Å². The molecule has 0 spiro atoms. The van der Waals surface area contributed by atoms with E-state index in [0.717, 1.165) is 5.56 Å². The second-order valence-corrected chi connectivity index (χ2v) is 6.38. The Morgan fingerprint density at radius 2 is 1.96 bits per heavy atom. The van der Waals surface area contributed by atoms with Crippen LogP contribution in [0.4, 0.5) is 4.79 Å². The van der Waals surface area contributed by atoms with E-state index in [-0.39, 0.29) is 18.9 Å². The average molecular weight is 384 g/mol. The van der Waals surface area contributed by atoms with Crippen LogP contribution in [0.2, 0.25) is 0 Å². The number of pyridine rings is 1. The van der Waals surface area contributed by atoms with Crippen molar-refractivity contribution in [2.75, 3.05) is 14.2 Å². The van der Waals surface area contributed by atoms with Gasteiger partial charge in [-0.3, -0.25) is 9.78 Å². The summed E-state index contributed by atoms with van der Waals surface area (Å²) in [4.78, 5) is 42.9. The van der Waals surface area contributed by atoms with Crippen molar-refractivity contribution in [1.82, 2.24) is 9.88 Å². The number of rotatable bonds is 5. The summed E-state index contributed by atoms with van der Waals surface area (Å²) in [6.07, 6.45) is 1.66. The number of carbonyl (C=O) groups is 3. The lowest BCUT2D eigenvalue weighted by Crippen LogP contribution is -2.48. The fourth-order valence-electron chi connectivity index (χ4n) is 3.32. The summed E-state index contributed by atoms with van der Waals surface area (Å²) in [6.45, 7) is -0.0295. The molecule has 1 aromatic heterocycles. The van der Waals surface area contributed by atoms with Gasteiger partial charge in [0.25, 0.3) is 0 Å². The van der Waals surface area contributed by atoms with Crippen molar-refractivity contribution in [2.24, 2.45) is 0 Å². The fraction of sp³-hybridized carbons (Fsp3) is 0.300. The lowest BCUT2D eigenvalue weighted by atomic mass is 9.89. The Hall–Kier alpha value is -3.42. The summed E-state index contributed by atoms with van der Waals surface area (Å²) < 4.78 is 15.5. The predicted octanol–water partition coefficient (Wildman–Crippen LogP) is 2.25. The molecule has 0 unspecified atom stereocenters. The molecule has 0 saturated carbocycles. The largest absolute Gasteiger partial charge is 0.509 e. The summed E-state index contributed by atoms with van der Waals surface area (Å²) in [5.74, 6) is -1.20. The standard InChI is InChI=1S/C20H20N2O6/c1-22-16(23)11-20(18(24)26-2,17(22)15-9-6-10-21-12-15)28-19(25)27-13-14-7-4-3-5-8-14/h3-10,12,17H,11,13H2,1-2H3/t17-,20+/m0/s1. The van der Waals surface area contributed by atoms with Crippen molar-refractivity contribution in [3.8, 4) is 0 Å². The molecule has 8 heteroatoms. The summed E-state index contributed by atoms with van der Waals surface area (Å²) in [5, 5.41) is 0. The minimum absolute atomic E-state index is 0.0295. The average Bonchev–Trinajstić information content (AvgIpc) is 2.97. The van der Waals surface area contributed by atoms with Crippen LogP contribution in [-0.4, -0.2) is 47.7 Å². The van der Waals surface area contributed by atoms with Crippen LogP contribution in [0, 0.1) is 0 Å². The topological polar surface area (TPSA) is 95.0 Å². The van der Waals surface area contributed by atoms with Crippen LogP contribution in [0.3, 0.4) is 0 Å². The second-order valence-electron chi connectivity index (χ2n) is 6.38. The normalized spacial score (nSPS) is 21.3. The number of hydrogen-bond acceptors (Lipinski definition) is 7. The number of carbonyl (C=O) groups excluding carboxylic acids is 3. The Morgan fingerprint density at radius 3 is 2.61 bits per heavy atom. The van der Waals surface area contributed by atoms with Gasteiger partial charge in [0.2, 0.25) is 11.5 Å². The molecule has 1 amide bonds. The lowest BCUT2D eigenvalue weighted by molar-refractivity contribution is -0.168. The monoisotopic (exact) mass is 384 g/mol. The third-order valence-corrected chi connectivity index (χ3v) is 4.63. The molecule has 3 rings (SSSR count). The number of ether oxygens (including phenoxy) is 3. The van der Waals surface area contributed by atoms with E-state index in [1.807, 2.05) is 18.2 Å². The molecule has 0 bridgehead atoms. The minimum atomic E-state index is -1.86. The molecule has 146 valence electrons. The fourth-order valence-corrected chi connectivity index (χ4v) is 3.32. The molecule has 1 fully saturated rings. The molecule has 0 radical (unpaired) electrons. The van der Waals surface area contributed by atoms with Gasteiger partial charge < -0.3 is 19.1 Å². The summed E-state index contributed by atoms with van der Waals surface area (Å²) in [7, 11) is 2.70. The van der Waals surface area contributed by atoms with Crippen molar-refractivity contribution in [1.29, 1.82) is 0 Å². The maximum Gasteiger partial charge on any atom is 0.509 e. The van der Waals surface area contributed by atoms with Gasteiger partial charge in [0.15, 0.2) is 0 Å². The number of amides is 1. The first-order chi connectivity index (χ1) is 13.5. The number of nitrogens with zero attached hydrogens (tertiary/aromatic N) is 2. The first-order valence-electron chi connectivity index (χ1n) is 8.61. The lowest BCUT2D eigenvalue weighted by Gasteiger charge is -2.33. The Labute approximate surface area is 162 Å². The van der Waals surface area contributed by atoms with E-state index in [2.05, 4.69) is 4.98 Å². The molecule has 2 heterocycles. The SMILES string of the molecule is COC(=O)[C@@]1(OC(=O)OCc2ccccc2)CC(=O)N(C)[C@H]1c1cccnc1. The number of likely N-dealkylation sites (N-methyl/N-ethyl adjacent to an activating group) is 1. The summed E-state index contributed by atoms with van der Waals surface area (Å²) in [5.41, 5.74) is -0.565. The van der Waals surface area contributed by atoms with Gasteiger partial charge in [-0.2, -0.15) is 0 Å². The van der Waals surface area contributed by atoms with E-state index < -0.39 is 23.8 Å². The third-order valence-electron chi connectivity index (χ3n) is 4.63. The Balaban J connectivity index is 1.87. The maximum atomic E-state index is 12.7. The molecule has 1 aliphatic rings. The van der Waals surface area contributed by atoms with Gasteiger partial charge in [-0.25, -0.2) is 9.59 Å². The highest BCUT2D eigenvalue weighted by molar-refractivity contribution is 5.94. The van der Waals surface area contributed by atoms with Crippen LogP contribution < -0.4 is 0 Å². The number of benzene rings is 1. The number of likely N-dealkylation sites (tertiary alicyclic amines) is 1. The van der Waals surface area contributed by atoms with Gasteiger partial charge in [0, 0.05) is 19.4 Å². The molecule has 28 heavy (non-hydrogen) atoms. The van der Waals surface area contributed by atoms with Crippen LogP contribution in [0.15, 0.2) is 54.9 Å². The zero-order valence-electron chi connectivity index (χ0n) is 15.5. The highest BCUT2D eigenvalue weighted by atomic mass is 16.7. The molecule has 8 nitrogen and oxygen atoms in total. The van der Waals surface area contributed by atoms with Crippen molar-refractivity contribution >= 4 is 18.0 Å². The first-order valence-corrected chi connectivity index (χ1v) is 8.61. The van der Waals surface area contributed by atoms with Crippen molar-refractivity contribution in [2.45, 2.75) is 24.7 Å². The maximum absolute atomic E-state index is 12.7. The molecule has 2 aromatic rings. The van der Waals surface area contributed by atoms with Gasteiger partial charge in [0.1, 0.15) is 12.6 Å².